The van der Waals surface area contributed by atoms with Gasteiger partial charge >= 0.3 is 5.97 Å². The highest BCUT2D eigenvalue weighted by atomic mass is 32.2. The third-order valence-corrected chi connectivity index (χ3v) is 5.99. The molecule has 2 aromatic rings. The summed E-state index contributed by atoms with van der Waals surface area (Å²) in [7, 11) is 0. The summed E-state index contributed by atoms with van der Waals surface area (Å²) in [5, 5.41) is 0. The molecule has 7 heteroatoms. The number of esters is 1. The number of ether oxygens (including phenoxy) is 1. The molecule has 0 radical (unpaired) electrons. The number of likely N-dealkylation sites (tertiary alicyclic amines) is 1. The molecule has 2 aromatic carbocycles. The molecule has 0 bridgehead atoms. The number of amides is 2. The lowest BCUT2D eigenvalue weighted by molar-refractivity contribution is -0.127. The number of carbonyl (C=O) groups excluding carboxylic acids is 3. The first-order chi connectivity index (χ1) is 14.6. The third kappa shape index (κ3) is 5.63. The summed E-state index contributed by atoms with van der Waals surface area (Å²) in [4.78, 5) is 41.6. The second kappa shape index (κ2) is 10.8. The lowest BCUT2D eigenvalue weighted by atomic mass is 10.2. The fourth-order valence-electron chi connectivity index (χ4n) is 3.35. The number of hydrogen-bond donors (Lipinski definition) is 0. The standard InChI is InChI=1S/C23H26N2O4S/c1-2-25(18-10-4-3-5-11-18)21(26)16-29-23(28)19-12-6-7-13-20(19)30-17-22(27)24-14-8-9-15-24/h3-7,10-13H,2,8-9,14-17H2,1H3. The van der Waals surface area contributed by atoms with Crippen LogP contribution in [0.5, 0.6) is 0 Å². The van der Waals surface area contributed by atoms with Crippen molar-refractivity contribution in [3.63, 3.8) is 0 Å². The first-order valence-electron chi connectivity index (χ1n) is 10.1. The first-order valence-corrected chi connectivity index (χ1v) is 11.1. The van der Waals surface area contributed by atoms with Crippen LogP contribution in [-0.4, -0.2) is 54.7 Å². The lowest BCUT2D eigenvalue weighted by Crippen LogP contribution is -2.34. The van der Waals surface area contributed by atoms with Crippen LogP contribution >= 0.6 is 11.8 Å². The molecule has 0 N–H and O–H groups in total. The van der Waals surface area contributed by atoms with Gasteiger partial charge in [-0.15, -0.1) is 11.8 Å². The zero-order valence-corrected chi connectivity index (χ0v) is 17.9. The van der Waals surface area contributed by atoms with Crippen LogP contribution in [0.1, 0.15) is 30.1 Å². The van der Waals surface area contributed by atoms with Crippen molar-refractivity contribution in [2.45, 2.75) is 24.7 Å². The van der Waals surface area contributed by atoms with E-state index in [0.29, 0.717) is 17.0 Å². The van der Waals surface area contributed by atoms with Crippen molar-refractivity contribution in [1.29, 1.82) is 0 Å². The number of likely N-dealkylation sites (N-methyl/N-ethyl adjacent to an activating group) is 1. The third-order valence-electron chi connectivity index (χ3n) is 4.93. The second-order valence-corrected chi connectivity index (χ2v) is 7.94. The number of carbonyl (C=O) groups is 3. The summed E-state index contributed by atoms with van der Waals surface area (Å²) >= 11 is 1.32. The molecule has 1 saturated heterocycles. The maximum absolute atomic E-state index is 12.6. The van der Waals surface area contributed by atoms with E-state index in [1.807, 2.05) is 48.2 Å². The summed E-state index contributed by atoms with van der Waals surface area (Å²) in [5.41, 5.74) is 1.13. The van der Waals surface area contributed by atoms with E-state index in [0.717, 1.165) is 31.6 Å². The molecule has 0 unspecified atom stereocenters. The van der Waals surface area contributed by atoms with Gasteiger partial charge in [0.25, 0.3) is 5.91 Å². The van der Waals surface area contributed by atoms with Crippen molar-refractivity contribution in [3.05, 3.63) is 60.2 Å². The van der Waals surface area contributed by atoms with Crippen LogP contribution in [0.3, 0.4) is 0 Å². The van der Waals surface area contributed by atoms with Crippen molar-refractivity contribution >= 4 is 35.2 Å². The number of rotatable bonds is 8. The quantitative estimate of drug-likeness (QED) is 0.477. The molecule has 1 aliphatic heterocycles. The molecule has 0 aliphatic carbocycles. The van der Waals surface area contributed by atoms with Gasteiger partial charge in [0, 0.05) is 30.2 Å². The van der Waals surface area contributed by atoms with Gasteiger partial charge in [-0.2, -0.15) is 0 Å². The molecule has 1 aliphatic rings. The highest BCUT2D eigenvalue weighted by Gasteiger charge is 2.21. The van der Waals surface area contributed by atoms with Gasteiger partial charge in [-0.1, -0.05) is 30.3 Å². The van der Waals surface area contributed by atoms with E-state index < -0.39 is 5.97 Å². The van der Waals surface area contributed by atoms with Crippen molar-refractivity contribution < 1.29 is 19.1 Å². The number of hydrogen-bond acceptors (Lipinski definition) is 5. The molecule has 0 aromatic heterocycles. The van der Waals surface area contributed by atoms with Gasteiger partial charge in [-0.05, 0) is 44.0 Å². The summed E-state index contributed by atoms with van der Waals surface area (Å²) < 4.78 is 5.30. The Morgan fingerprint density at radius 3 is 2.37 bits per heavy atom. The van der Waals surface area contributed by atoms with Gasteiger partial charge in [0.15, 0.2) is 6.61 Å². The molecular weight excluding hydrogens is 400 g/mol. The van der Waals surface area contributed by atoms with Gasteiger partial charge in [-0.3, -0.25) is 9.59 Å². The molecule has 1 fully saturated rings. The number of anilines is 1. The van der Waals surface area contributed by atoms with Crippen LogP contribution in [0.2, 0.25) is 0 Å². The van der Waals surface area contributed by atoms with Crippen molar-refractivity contribution in [3.8, 4) is 0 Å². The Balaban J connectivity index is 1.58. The van der Waals surface area contributed by atoms with E-state index in [1.54, 1.807) is 23.1 Å². The van der Waals surface area contributed by atoms with E-state index in [4.69, 9.17) is 4.74 Å². The maximum atomic E-state index is 12.6. The Labute approximate surface area is 181 Å². The summed E-state index contributed by atoms with van der Waals surface area (Å²) in [5.74, 6) is -0.492. The fourth-order valence-corrected chi connectivity index (χ4v) is 4.30. The molecule has 0 spiro atoms. The van der Waals surface area contributed by atoms with Crippen LogP contribution in [0, 0.1) is 0 Å². The number of nitrogens with zero attached hydrogens (tertiary/aromatic N) is 2. The van der Waals surface area contributed by atoms with Gasteiger partial charge < -0.3 is 14.5 Å². The zero-order chi connectivity index (χ0) is 21.3. The van der Waals surface area contributed by atoms with Gasteiger partial charge in [0.1, 0.15) is 0 Å². The predicted octanol–water partition coefficient (Wildman–Crippen LogP) is 3.61. The topological polar surface area (TPSA) is 66.9 Å². The fraction of sp³-hybridized carbons (Fsp3) is 0.348. The number of thioether (sulfide) groups is 1. The number of para-hydroxylation sites is 1. The van der Waals surface area contributed by atoms with Crippen LogP contribution in [0.15, 0.2) is 59.5 Å². The van der Waals surface area contributed by atoms with E-state index in [9.17, 15) is 14.4 Å². The molecule has 3 rings (SSSR count). The molecule has 1 heterocycles. The van der Waals surface area contributed by atoms with Crippen LogP contribution in [0.25, 0.3) is 0 Å². The van der Waals surface area contributed by atoms with Crippen LogP contribution < -0.4 is 4.90 Å². The van der Waals surface area contributed by atoms with E-state index >= 15 is 0 Å². The van der Waals surface area contributed by atoms with Gasteiger partial charge in [0.2, 0.25) is 5.91 Å². The molecule has 2 amide bonds. The van der Waals surface area contributed by atoms with Gasteiger partial charge in [0.05, 0.1) is 11.3 Å². The minimum Gasteiger partial charge on any atom is -0.452 e. The van der Waals surface area contributed by atoms with Gasteiger partial charge in [-0.25, -0.2) is 4.79 Å². The number of benzene rings is 2. The van der Waals surface area contributed by atoms with Crippen molar-refractivity contribution in [2.75, 3.05) is 36.9 Å². The smallest absolute Gasteiger partial charge is 0.339 e. The average Bonchev–Trinajstić information content (AvgIpc) is 3.32. The largest absolute Gasteiger partial charge is 0.452 e. The Morgan fingerprint density at radius 1 is 1.00 bits per heavy atom. The molecule has 0 atom stereocenters. The Morgan fingerprint density at radius 2 is 1.67 bits per heavy atom. The summed E-state index contributed by atoms with van der Waals surface area (Å²) in [6, 6.07) is 16.3. The molecular formula is C23H26N2O4S. The molecule has 30 heavy (non-hydrogen) atoms. The van der Waals surface area contributed by atoms with E-state index in [-0.39, 0.29) is 24.2 Å². The molecule has 6 nitrogen and oxygen atoms in total. The predicted molar refractivity (Wildman–Crippen MR) is 118 cm³/mol. The van der Waals surface area contributed by atoms with Crippen LogP contribution in [0.4, 0.5) is 5.69 Å². The Hall–Kier alpha value is -2.80. The minimum atomic E-state index is -0.566. The molecule has 0 saturated carbocycles. The summed E-state index contributed by atoms with van der Waals surface area (Å²) in [6.45, 7) is 3.62. The normalized spacial score (nSPS) is 13.2. The van der Waals surface area contributed by atoms with Crippen LogP contribution in [-0.2, 0) is 14.3 Å². The monoisotopic (exact) mass is 426 g/mol. The van der Waals surface area contributed by atoms with Crippen molar-refractivity contribution in [1.82, 2.24) is 4.90 Å². The SMILES string of the molecule is CCN(C(=O)COC(=O)c1ccccc1SCC(=O)N1CCCC1)c1ccccc1. The Bertz CT molecular complexity index is 882. The first kappa shape index (κ1) is 21.9. The highest BCUT2D eigenvalue weighted by Crippen LogP contribution is 2.24. The highest BCUT2D eigenvalue weighted by molar-refractivity contribution is 8.00. The lowest BCUT2D eigenvalue weighted by Gasteiger charge is -2.21. The second-order valence-electron chi connectivity index (χ2n) is 6.92. The maximum Gasteiger partial charge on any atom is 0.339 e. The van der Waals surface area contributed by atoms with Crippen molar-refractivity contribution in [2.24, 2.45) is 0 Å². The van der Waals surface area contributed by atoms with E-state index in [2.05, 4.69) is 0 Å². The summed E-state index contributed by atoms with van der Waals surface area (Å²) in [6.07, 6.45) is 2.09. The zero-order valence-electron chi connectivity index (χ0n) is 17.1. The molecule has 158 valence electrons. The minimum absolute atomic E-state index is 0.0808. The average molecular weight is 427 g/mol. The van der Waals surface area contributed by atoms with E-state index in [1.165, 1.54) is 11.8 Å². The Kier molecular flexibility index (Phi) is 7.90.